The fourth-order valence-corrected chi connectivity index (χ4v) is 1.35. The van der Waals surface area contributed by atoms with Gasteiger partial charge in [-0.15, -0.1) is 0 Å². The zero-order valence-electron chi connectivity index (χ0n) is 7.38. The molecule has 1 aliphatic heterocycles. The number of hydrogen-bond donors (Lipinski definition) is 1. The number of ether oxygens (including phenoxy) is 1. The number of esters is 1. The van der Waals surface area contributed by atoms with Crippen LogP contribution in [-0.2, 0) is 9.53 Å². The van der Waals surface area contributed by atoms with E-state index in [1.54, 1.807) is 0 Å². The van der Waals surface area contributed by atoms with Crippen LogP contribution in [0.4, 0.5) is 0 Å². The van der Waals surface area contributed by atoms with Crippen molar-refractivity contribution in [3.63, 3.8) is 0 Å². The zero-order chi connectivity index (χ0) is 8.81. The summed E-state index contributed by atoms with van der Waals surface area (Å²) in [6.45, 7) is 1.11. The van der Waals surface area contributed by atoms with Crippen LogP contribution < -0.4 is 5.32 Å². The summed E-state index contributed by atoms with van der Waals surface area (Å²) in [6.07, 6.45) is 6.74. The Bertz CT molecular complexity index is 171. The minimum absolute atomic E-state index is 0.270. The van der Waals surface area contributed by atoms with Gasteiger partial charge in [-0.1, -0.05) is 6.08 Å². The summed E-state index contributed by atoms with van der Waals surface area (Å²) in [5.74, 6) is -0.270. The van der Waals surface area contributed by atoms with Crippen molar-refractivity contribution in [2.75, 3.05) is 13.7 Å². The maximum absolute atomic E-state index is 10.7. The van der Waals surface area contributed by atoms with E-state index in [-0.39, 0.29) is 5.97 Å². The second-order valence-electron chi connectivity index (χ2n) is 2.95. The molecule has 1 aliphatic rings. The molecule has 0 radical (unpaired) electrons. The van der Waals surface area contributed by atoms with E-state index in [1.807, 2.05) is 6.08 Å². The molecular formula is C9H15NO2. The molecule has 0 aliphatic carbocycles. The van der Waals surface area contributed by atoms with Crippen molar-refractivity contribution < 1.29 is 9.53 Å². The first-order valence-electron chi connectivity index (χ1n) is 4.31. The van der Waals surface area contributed by atoms with Crippen molar-refractivity contribution in [3.8, 4) is 0 Å². The van der Waals surface area contributed by atoms with Gasteiger partial charge in [-0.3, -0.25) is 0 Å². The standard InChI is InChI=1S/C9H15NO2/c1-12-9(11)6-2-4-8-5-3-7-10-8/h2,6,8,10H,3-5,7H2,1H3/b6-2-. The maximum atomic E-state index is 10.7. The molecule has 1 atom stereocenters. The van der Waals surface area contributed by atoms with Crippen LogP contribution in [0.2, 0.25) is 0 Å². The fourth-order valence-electron chi connectivity index (χ4n) is 1.35. The first-order valence-corrected chi connectivity index (χ1v) is 4.31. The molecular weight excluding hydrogens is 154 g/mol. The van der Waals surface area contributed by atoms with E-state index in [9.17, 15) is 4.79 Å². The molecule has 1 heterocycles. The number of carbonyl (C=O) groups is 1. The fraction of sp³-hybridized carbons (Fsp3) is 0.667. The van der Waals surface area contributed by atoms with Crippen LogP contribution in [0.1, 0.15) is 19.3 Å². The highest BCUT2D eigenvalue weighted by molar-refractivity contribution is 5.81. The molecule has 3 heteroatoms. The van der Waals surface area contributed by atoms with Crippen molar-refractivity contribution >= 4 is 5.97 Å². The zero-order valence-corrected chi connectivity index (χ0v) is 7.38. The smallest absolute Gasteiger partial charge is 0.330 e. The Balaban J connectivity index is 2.15. The Kier molecular flexibility index (Phi) is 3.80. The van der Waals surface area contributed by atoms with E-state index in [4.69, 9.17) is 0 Å². The van der Waals surface area contributed by atoms with Gasteiger partial charge in [-0.25, -0.2) is 4.79 Å². The first-order chi connectivity index (χ1) is 5.83. The molecule has 0 saturated carbocycles. The van der Waals surface area contributed by atoms with Crippen molar-refractivity contribution in [3.05, 3.63) is 12.2 Å². The maximum Gasteiger partial charge on any atom is 0.330 e. The van der Waals surface area contributed by atoms with Crippen LogP contribution in [0, 0.1) is 0 Å². The van der Waals surface area contributed by atoms with Crippen LogP contribution >= 0.6 is 0 Å². The molecule has 1 N–H and O–H groups in total. The monoisotopic (exact) mass is 169 g/mol. The Labute approximate surface area is 72.8 Å². The van der Waals surface area contributed by atoms with E-state index >= 15 is 0 Å². The van der Waals surface area contributed by atoms with Crippen LogP contribution in [-0.4, -0.2) is 25.7 Å². The van der Waals surface area contributed by atoms with Gasteiger partial charge in [0.05, 0.1) is 7.11 Å². The second-order valence-corrected chi connectivity index (χ2v) is 2.95. The van der Waals surface area contributed by atoms with Crippen molar-refractivity contribution in [2.24, 2.45) is 0 Å². The highest BCUT2D eigenvalue weighted by atomic mass is 16.5. The second kappa shape index (κ2) is 4.93. The van der Waals surface area contributed by atoms with E-state index in [0.717, 1.165) is 13.0 Å². The summed E-state index contributed by atoms with van der Waals surface area (Å²) in [7, 11) is 1.39. The van der Waals surface area contributed by atoms with Crippen molar-refractivity contribution in [1.29, 1.82) is 0 Å². The Morgan fingerprint density at radius 3 is 3.17 bits per heavy atom. The van der Waals surface area contributed by atoms with Gasteiger partial charge < -0.3 is 10.1 Å². The van der Waals surface area contributed by atoms with Crippen molar-refractivity contribution in [2.45, 2.75) is 25.3 Å². The molecule has 1 rings (SSSR count). The van der Waals surface area contributed by atoms with Gasteiger partial charge in [0.2, 0.25) is 0 Å². The molecule has 0 bridgehead atoms. The van der Waals surface area contributed by atoms with E-state index < -0.39 is 0 Å². The number of carbonyl (C=O) groups excluding carboxylic acids is 1. The van der Waals surface area contributed by atoms with Gasteiger partial charge in [0.15, 0.2) is 0 Å². The third-order valence-electron chi connectivity index (χ3n) is 2.04. The molecule has 0 amide bonds. The van der Waals surface area contributed by atoms with Gasteiger partial charge in [-0.2, -0.15) is 0 Å². The summed E-state index contributed by atoms with van der Waals surface area (Å²) in [4.78, 5) is 10.7. The number of nitrogens with one attached hydrogen (secondary N) is 1. The van der Waals surface area contributed by atoms with Gasteiger partial charge in [0.1, 0.15) is 0 Å². The lowest BCUT2D eigenvalue weighted by Gasteiger charge is -2.04. The van der Waals surface area contributed by atoms with Crippen molar-refractivity contribution in [1.82, 2.24) is 5.32 Å². The normalized spacial score (nSPS) is 23.2. The summed E-state index contributed by atoms with van der Waals surface area (Å²) >= 11 is 0. The Morgan fingerprint density at radius 1 is 1.75 bits per heavy atom. The van der Waals surface area contributed by atoms with Gasteiger partial charge in [0, 0.05) is 12.1 Å². The summed E-state index contributed by atoms with van der Waals surface area (Å²) < 4.78 is 4.47. The molecule has 68 valence electrons. The number of hydrogen-bond acceptors (Lipinski definition) is 3. The molecule has 3 nitrogen and oxygen atoms in total. The van der Waals surface area contributed by atoms with E-state index in [2.05, 4.69) is 10.1 Å². The molecule has 0 aromatic heterocycles. The molecule has 12 heavy (non-hydrogen) atoms. The Morgan fingerprint density at radius 2 is 2.58 bits per heavy atom. The summed E-state index contributed by atoms with van der Waals surface area (Å²) in [5.41, 5.74) is 0. The number of rotatable bonds is 3. The predicted molar refractivity (Wildman–Crippen MR) is 46.8 cm³/mol. The van der Waals surface area contributed by atoms with Crippen LogP contribution in [0.25, 0.3) is 0 Å². The molecule has 1 fully saturated rings. The van der Waals surface area contributed by atoms with E-state index in [0.29, 0.717) is 6.04 Å². The minimum Gasteiger partial charge on any atom is -0.466 e. The largest absolute Gasteiger partial charge is 0.466 e. The quantitative estimate of drug-likeness (QED) is 0.503. The van der Waals surface area contributed by atoms with E-state index in [1.165, 1.54) is 26.0 Å². The van der Waals surface area contributed by atoms with Crippen LogP contribution in [0.15, 0.2) is 12.2 Å². The summed E-state index contributed by atoms with van der Waals surface area (Å²) in [6, 6.07) is 0.561. The third kappa shape index (κ3) is 3.05. The predicted octanol–water partition coefficient (Wildman–Crippen LogP) is 0.858. The van der Waals surface area contributed by atoms with Gasteiger partial charge in [-0.05, 0) is 25.8 Å². The first kappa shape index (κ1) is 9.26. The van der Waals surface area contributed by atoms with Gasteiger partial charge >= 0.3 is 5.97 Å². The highest BCUT2D eigenvalue weighted by Gasteiger charge is 2.11. The summed E-state index contributed by atoms with van der Waals surface area (Å²) in [5, 5.41) is 3.34. The van der Waals surface area contributed by atoms with Gasteiger partial charge in [0.25, 0.3) is 0 Å². The average molecular weight is 169 g/mol. The Hall–Kier alpha value is -0.830. The lowest BCUT2D eigenvalue weighted by Crippen LogP contribution is -2.20. The third-order valence-corrected chi connectivity index (χ3v) is 2.04. The topological polar surface area (TPSA) is 38.3 Å². The average Bonchev–Trinajstić information content (AvgIpc) is 2.57. The minimum atomic E-state index is -0.270. The SMILES string of the molecule is COC(=O)/C=C\CC1CCCN1. The number of methoxy groups -OCH3 is 1. The lowest BCUT2D eigenvalue weighted by atomic mass is 10.1. The molecule has 0 aromatic rings. The van der Waals surface area contributed by atoms with Crippen LogP contribution in [0.5, 0.6) is 0 Å². The molecule has 1 saturated heterocycles. The molecule has 0 aromatic carbocycles. The van der Waals surface area contributed by atoms with Crippen LogP contribution in [0.3, 0.4) is 0 Å². The highest BCUT2D eigenvalue weighted by Crippen LogP contribution is 2.08. The lowest BCUT2D eigenvalue weighted by molar-refractivity contribution is -0.134. The molecule has 0 spiro atoms. The molecule has 1 unspecified atom stereocenters.